The van der Waals surface area contributed by atoms with Gasteiger partial charge in [0.05, 0.1) is 24.8 Å². The largest absolute Gasteiger partial charge is 0.383 e. The molecule has 1 aromatic carbocycles. The minimum atomic E-state index is -1.75. The van der Waals surface area contributed by atoms with E-state index >= 15 is 0 Å². The maximum absolute atomic E-state index is 12.1. The van der Waals surface area contributed by atoms with Crippen molar-refractivity contribution in [3.05, 3.63) is 84.5 Å². The molecule has 0 aliphatic heterocycles. The highest BCUT2D eigenvalue weighted by Gasteiger charge is 2.43. The second kappa shape index (κ2) is 9.80. The second-order valence-corrected chi connectivity index (χ2v) is 6.35. The molecule has 0 radical (unpaired) electrons. The fourth-order valence-electron chi connectivity index (χ4n) is 2.58. The van der Waals surface area contributed by atoms with E-state index in [0.29, 0.717) is 5.57 Å². The summed E-state index contributed by atoms with van der Waals surface area (Å²) < 4.78 is 5.66. The van der Waals surface area contributed by atoms with Gasteiger partial charge >= 0.3 is 0 Å². The Morgan fingerprint density at radius 3 is 2.68 bits per heavy atom. The maximum atomic E-state index is 12.1. The summed E-state index contributed by atoms with van der Waals surface area (Å²) in [5.74, 6) is -0.884. The van der Waals surface area contributed by atoms with Gasteiger partial charge in [0, 0.05) is 0 Å². The smallest absolute Gasteiger partial charge is 0.278 e. The number of carbonyl (C=O) groups is 1. The van der Waals surface area contributed by atoms with Crippen molar-refractivity contribution < 1.29 is 19.8 Å². The van der Waals surface area contributed by atoms with Gasteiger partial charge in [-0.15, -0.1) is 0 Å². The van der Waals surface area contributed by atoms with Gasteiger partial charge in [-0.25, -0.2) is 10.5 Å². The zero-order valence-electron chi connectivity index (χ0n) is 15.9. The third-order valence-corrected chi connectivity index (χ3v) is 4.36. The van der Waals surface area contributed by atoms with Crippen LogP contribution in [-0.2, 0) is 9.53 Å². The zero-order chi connectivity index (χ0) is 20.6. The van der Waals surface area contributed by atoms with Crippen molar-refractivity contribution in [2.75, 3.05) is 6.61 Å². The van der Waals surface area contributed by atoms with Crippen molar-refractivity contribution in [2.24, 2.45) is 0 Å². The minimum absolute atomic E-state index is 0.0304. The molecule has 2 rings (SSSR count). The molecule has 1 heterocycles. The molecule has 148 valence electrons. The summed E-state index contributed by atoms with van der Waals surface area (Å²) in [7, 11) is 0. The molecular weight excluding hydrogens is 358 g/mol. The van der Waals surface area contributed by atoms with Gasteiger partial charge in [-0.05, 0) is 30.6 Å². The lowest BCUT2D eigenvalue weighted by Crippen LogP contribution is -2.50. The standard InChI is InChI=1S/C21H25N3O4/c1-4-16(17-8-6-5-7-9-17)11-10-15(2)13-28-21(3,20(26)24-27)19(25)18-12-22-14-23-18/h4-12,14,19,25,27H,2,13H2,1,3H3,(H,22,23)(H,24,26)/b11-10-,16-4+/t19-,21-/m0/s1. The van der Waals surface area contributed by atoms with E-state index in [9.17, 15) is 9.90 Å². The van der Waals surface area contributed by atoms with Crippen LogP contribution in [-0.4, -0.2) is 38.4 Å². The number of hydrogen-bond acceptors (Lipinski definition) is 5. The number of carbonyl (C=O) groups excluding carboxylic acids is 1. The van der Waals surface area contributed by atoms with Crippen LogP contribution in [0.1, 0.15) is 31.2 Å². The van der Waals surface area contributed by atoms with Crippen LogP contribution in [0.15, 0.2) is 73.2 Å². The molecule has 1 amide bonds. The summed E-state index contributed by atoms with van der Waals surface area (Å²) in [6.45, 7) is 7.22. The molecule has 0 saturated heterocycles. The molecule has 4 N–H and O–H groups in total. The number of H-pyrrole nitrogens is 1. The van der Waals surface area contributed by atoms with E-state index < -0.39 is 17.6 Å². The van der Waals surface area contributed by atoms with Crippen LogP contribution in [0.4, 0.5) is 0 Å². The van der Waals surface area contributed by atoms with Gasteiger partial charge in [-0.1, -0.05) is 55.1 Å². The first-order valence-electron chi connectivity index (χ1n) is 8.74. The molecule has 0 aliphatic rings. The summed E-state index contributed by atoms with van der Waals surface area (Å²) in [4.78, 5) is 18.7. The molecule has 0 aliphatic carbocycles. The summed E-state index contributed by atoms with van der Waals surface area (Å²) in [6, 6.07) is 9.87. The summed E-state index contributed by atoms with van der Waals surface area (Å²) >= 11 is 0. The zero-order valence-corrected chi connectivity index (χ0v) is 15.9. The maximum Gasteiger partial charge on any atom is 0.278 e. The SMILES string of the molecule is C=C(/C=C\C(=C/C)c1ccccc1)CO[C@](C)(C(=O)NO)[C@@H](O)c1cnc[nH]1. The van der Waals surface area contributed by atoms with Crippen molar-refractivity contribution >= 4 is 11.5 Å². The molecule has 0 bridgehead atoms. The van der Waals surface area contributed by atoms with Gasteiger partial charge in [0.1, 0.15) is 6.10 Å². The number of nitrogens with zero attached hydrogens (tertiary/aromatic N) is 1. The number of aromatic nitrogens is 2. The number of aliphatic hydroxyl groups excluding tert-OH is 1. The van der Waals surface area contributed by atoms with Gasteiger partial charge < -0.3 is 14.8 Å². The number of hydrogen-bond donors (Lipinski definition) is 4. The Labute approximate surface area is 164 Å². The predicted molar refractivity (Wildman–Crippen MR) is 106 cm³/mol. The highest BCUT2D eigenvalue weighted by Crippen LogP contribution is 2.29. The molecule has 2 aromatic rings. The van der Waals surface area contributed by atoms with Crippen molar-refractivity contribution in [3.63, 3.8) is 0 Å². The third kappa shape index (κ3) is 5.04. The van der Waals surface area contributed by atoms with Crippen molar-refractivity contribution in [3.8, 4) is 0 Å². The average molecular weight is 383 g/mol. The number of rotatable bonds is 9. The van der Waals surface area contributed by atoms with E-state index in [2.05, 4.69) is 16.5 Å². The number of hydroxylamine groups is 1. The summed E-state index contributed by atoms with van der Waals surface area (Å²) in [5, 5.41) is 19.6. The minimum Gasteiger partial charge on any atom is -0.383 e. The number of ether oxygens (including phenoxy) is 1. The first-order valence-corrected chi connectivity index (χ1v) is 8.74. The molecule has 0 saturated carbocycles. The molecule has 0 spiro atoms. The Morgan fingerprint density at radius 2 is 2.11 bits per heavy atom. The number of imidazole rings is 1. The van der Waals surface area contributed by atoms with Crippen LogP contribution in [0.3, 0.4) is 0 Å². The van der Waals surface area contributed by atoms with Crippen LogP contribution in [0.5, 0.6) is 0 Å². The lowest BCUT2D eigenvalue weighted by Gasteiger charge is -2.31. The first-order chi connectivity index (χ1) is 13.4. The summed E-state index contributed by atoms with van der Waals surface area (Å²) in [5.41, 5.74) is 2.73. The lowest BCUT2D eigenvalue weighted by molar-refractivity contribution is -0.169. The van der Waals surface area contributed by atoms with Crippen LogP contribution in [0, 0.1) is 0 Å². The van der Waals surface area contributed by atoms with Crippen molar-refractivity contribution in [1.82, 2.24) is 15.4 Å². The van der Waals surface area contributed by atoms with Gasteiger partial charge in [0.2, 0.25) is 0 Å². The third-order valence-electron chi connectivity index (χ3n) is 4.36. The van der Waals surface area contributed by atoms with Gasteiger partial charge in [0.25, 0.3) is 5.91 Å². The van der Waals surface area contributed by atoms with E-state index in [1.165, 1.54) is 24.9 Å². The Balaban J connectivity index is 2.08. The molecule has 1 aromatic heterocycles. The fourth-order valence-corrected chi connectivity index (χ4v) is 2.58. The molecule has 7 nitrogen and oxygen atoms in total. The average Bonchev–Trinajstić information content (AvgIpc) is 3.26. The molecule has 28 heavy (non-hydrogen) atoms. The van der Waals surface area contributed by atoms with Gasteiger partial charge in [-0.3, -0.25) is 10.0 Å². The molecule has 7 heteroatoms. The monoisotopic (exact) mass is 383 g/mol. The number of aromatic amines is 1. The molecular formula is C21H25N3O4. The van der Waals surface area contributed by atoms with E-state index in [1.807, 2.05) is 49.4 Å². The first kappa shape index (κ1) is 21.3. The quantitative estimate of drug-likeness (QED) is 0.303. The predicted octanol–water partition coefficient (Wildman–Crippen LogP) is 2.94. The highest BCUT2D eigenvalue weighted by atomic mass is 16.5. The molecule has 2 atom stereocenters. The molecule has 0 fully saturated rings. The number of allylic oxidation sites excluding steroid dienone is 3. The van der Waals surface area contributed by atoms with E-state index in [-0.39, 0.29) is 12.3 Å². The Hall–Kier alpha value is -3.00. The van der Waals surface area contributed by atoms with Crippen LogP contribution < -0.4 is 5.48 Å². The van der Waals surface area contributed by atoms with Gasteiger partial charge in [0.15, 0.2) is 5.60 Å². The van der Waals surface area contributed by atoms with Crippen LogP contribution in [0.2, 0.25) is 0 Å². The number of aliphatic hydroxyl groups is 1. The summed E-state index contributed by atoms with van der Waals surface area (Å²) in [6.07, 6.45) is 7.04. The Kier molecular flexibility index (Phi) is 7.45. The number of benzene rings is 1. The Morgan fingerprint density at radius 1 is 1.39 bits per heavy atom. The molecule has 0 unspecified atom stereocenters. The lowest BCUT2D eigenvalue weighted by atomic mass is 9.95. The highest BCUT2D eigenvalue weighted by molar-refractivity contribution is 5.84. The van der Waals surface area contributed by atoms with Crippen molar-refractivity contribution in [1.29, 1.82) is 0 Å². The topological polar surface area (TPSA) is 107 Å². The Bertz CT molecular complexity index is 844. The van der Waals surface area contributed by atoms with Crippen LogP contribution >= 0.6 is 0 Å². The van der Waals surface area contributed by atoms with Crippen molar-refractivity contribution in [2.45, 2.75) is 25.6 Å². The van der Waals surface area contributed by atoms with E-state index in [1.54, 1.807) is 6.08 Å². The second-order valence-electron chi connectivity index (χ2n) is 6.35. The van der Waals surface area contributed by atoms with E-state index in [4.69, 9.17) is 9.94 Å². The number of amides is 1. The number of nitrogens with one attached hydrogen (secondary N) is 2. The van der Waals surface area contributed by atoms with E-state index in [0.717, 1.165) is 11.1 Å². The van der Waals surface area contributed by atoms with Gasteiger partial charge in [-0.2, -0.15) is 0 Å². The fraction of sp³-hybridized carbons (Fsp3) is 0.238. The normalized spacial score (nSPS) is 15.2. The van der Waals surface area contributed by atoms with Crippen LogP contribution in [0.25, 0.3) is 5.57 Å².